The monoisotopic (exact) mass is 452 g/mol. The van der Waals surface area contributed by atoms with Crippen LogP contribution in [0.15, 0.2) is 36.5 Å². The molecule has 8 nitrogen and oxygen atoms in total. The molecule has 1 aromatic heterocycles. The number of likely N-dealkylation sites (N-methyl/N-ethyl adjacent to an activating group) is 1. The van der Waals surface area contributed by atoms with E-state index in [2.05, 4.69) is 53.7 Å². The Hall–Kier alpha value is -2.87. The molecule has 2 aromatic rings. The van der Waals surface area contributed by atoms with Crippen molar-refractivity contribution >= 4 is 17.6 Å². The summed E-state index contributed by atoms with van der Waals surface area (Å²) >= 11 is 0. The Kier molecular flexibility index (Phi) is 6.22. The van der Waals surface area contributed by atoms with Gasteiger partial charge in [0.15, 0.2) is 0 Å². The number of amides is 2. The molecule has 2 aliphatic heterocycles. The van der Waals surface area contributed by atoms with E-state index < -0.39 is 5.54 Å². The summed E-state index contributed by atoms with van der Waals surface area (Å²) in [6.07, 6.45) is 2.75. The number of carbonyl (C=O) groups excluding carboxylic acids is 2. The second-order valence-corrected chi connectivity index (χ2v) is 10.6. The Labute approximate surface area is 196 Å². The van der Waals surface area contributed by atoms with Crippen LogP contribution in [0.2, 0.25) is 0 Å². The van der Waals surface area contributed by atoms with Crippen molar-refractivity contribution in [3.8, 4) is 0 Å². The van der Waals surface area contributed by atoms with Crippen molar-refractivity contribution < 1.29 is 9.59 Å². The molecule has 0 spiro atoms. The zero-order chi connectivity index (χ0) is 23.8. The van der Waals surface area contributed by atoms with Crippen LogP contribution in [-0.4, -0.2) is 70.2 Å². The number of hydrogen-bond donors (Lipinski definition) is 2. The van der Waals surface area contributed by atoms with Crippen molar-refractivity contribution in [1.82, 2.24) is 24.9 Å². The first-order valence-electron chi connectivity index (χ1n) is 11.7. The van der Waals surface area contributed by atoms with Gasteiger partial charge in [-0.3, -0.25) is 9.59 Å². The highest BCUT2D eigenvalue weighted by atomic mass is 16.2. The van der Waals surface area contributed by atoms with E-state index in [4.69, 9.17) is 0 Å². The molecule has 0 radical (unpaired) electrons. The van der Waals surface area contributed by atoms with Gasteiger partial charge in [0, 0.05) is 38.1 Å². The minimum atomic E-state index is -0.671. The Balaban J connectivity index is 1.48. The molecule has 2 aliphatic rings. The van der Waals surface area contributed by atoms with E-state index in [1.54, 1.807) is 6.20 Å². The van der Waals surface area contributed by atoms with Gasteiger partial charge in [0.1, 0.15) is 11.4 Å². The van der Waals surface area contributed by atoms with E-state index in [-0.39, 0.29) is 29.8 Å². The maximum Gasteiger partial charge on any atom is 0.257 e. The van der Waals surface area contributed by atoms with Crippen molar-refractivity contribution in [2.75, 3.05) is 38.5 Å². The number of fused-ring (bicyclic) bond motifs is 1. The lowest BCUT2D eigenvalue weighted by atomic mass is 9.89. The van der Waals surface area contributed by atoms with Gasteiger partial charge in [-0.15, -0.1) is 0 Å². The zero-order valence-electron chi connectivity index (χ0n) is 20.4. The normalized spacial score (nSPS) is 20.6. The van der Waals surface area contributed by atoms with Gasteiger partial charge in [-0.25, -0.2) is 4.68 Å². The van der Waals surface area contributed by atoms with E-state index in [9.17, 15) is 9.59 Å². The molecule has 1 saturated heterocycles. The molecule has 178 valence electrons. The molecule has 8 heteroatoms. The molecule has 0 aliphatic carbocycles. The minimum Gasteiger partial charge on any atom is -0.363 e. The SMILES string of the molecule is CN1CCN(C(=O)CC(C)(C)NC(=O)c2cnn3c2NC(c2ccccc2)CC3(C)C)CC1. The molecule has 2 amide bonds. The van der Waals surface area contributed by atoms with E-state index in [0.717, 1.165) is 38.4 Å². The first-order chi connectivity index (χ1) is 15.6. The van der Waals surface area contributed by atoms with Crippen molar-refractivity contribution in [3.05, 3.63) is 47.7 Å². The van der Waals surface area contributed by atoms with Crippen LogP contribution in [0.3, 0.4) is 0 Å². The van der Waals surface area contributed by atoms with Crippen LogP contribution in [0.1, 0.15) is 62.5 Å². The molecule has 1 unspecified atom stereocenters. The molecule has 4 rings (SSSR count). The number of hydrogen-bond acceptors (Lipinski definition) is 5. The Morgan fingerprint density at radius 2 is 1.82 bits per heavy atom. The summed E-state index contributed by atoms with van der Waals surface area (Å²) < 4.78 is 1.91. The topological polar surface area (TPSA) is 82.5 Å². The van der Waals surface area contributed by atoms with Crippen LogP contribution in [0.25, 0.3) is 0 Å². The number of nitrogens with one attached hydrogen (secondary N) is 2. The molecule has 3 heterocycles. The number of aromatic nitrogens is 2. The Morgan fingerprint density at radius 3 is 2.48 bits per heavy atom. The summed E-state index contributed by atoms with van der Waals surface area (Å²) in [6.45, 7) is 11.3. The first kappa shape index (κ1) is 23.3. The Morgan fingerprint density at radius 1 is 1.15 bits per heavy atom. The first-order valence-corrected chi connectivity index (χ1v) is 11.7. The third kappa shape index (κ3) is 5.05. The molecular weight excluding hydrogens is 416 g/mol. The quantitative estimate of drug-likeness (QED) is 0.729. The molecular formula is C25H36N6O2. The van der Waals surface area contributed by atoms with Crippen LogP contribution in [0.4, 0.5) is 5.82 Å². The van der Waals surface area contributed by atoms with Gasteiger partial charge in [-0.1, -0.05) is 30.3 Å². The van der Waals surface area contributed by atoms with Crippen LogP contribution in [-0.2, 0) is 10.3 Å². The van der Waals surface area contributed by atoms with Gasteiger partial charge in [0.2, 0.25) is 5.91 Å². The summed E-state index contributed by atoms with van der Waals surface area (Å²) in [7, 11) is 2.07. The van der Waals surface area contributed by atoms with Gasteiger partial charge in [0.25, 0.3) is 5.91 Å². The summed E-state index contributed by atoms with van der Waals surface area (Å²) in [6, 6.07) is 10.4. The highest BCUT2D eigenvalue weighted by Crippen LogP contribution is 2.39. The fourth-order valence-electron chi connectivity index (χ4n) is 4.77. The maximum atomic E-state index is 13.3. The number of benzene rings is 1. The van der Waals surface area contributed by atoms with E-state index in [1.807, 2.05) is 41.6 Å². The van der Waals surface area contributed by atoms with Gasteiger partial charge in [0.05, 0.1) is 17.8 Å². The standard InChI is InChI=1S/C25H36N6O2/c1-24(2,16-21(32)30-13-11-29(5)12-14-30)28-23(33)19-17-26-31-22(19)27-20(15-25(31,3)4)18-9-7-6-8-10-18/h6-10,17,20,27H,11-16H2,1-5H3,(H,28,33). The van der Waals surface area contributed by atoms with Crippen molar-refractivity contribution in [2.45, 2.75) is 57.7 Å². The van der Waals surface area contributed by atoms with Crippen molar-refractivity contribution in [1.29, 1.82) is 0 Å². The van der Waals surface area contributed by atoms with Crippen LogP contribution < -0.4 is 10.6 Å². The second-order valence-electron chi connectivity index (χ2n) is 10.6. The van der Waals surface area contributed by atoms with E-state index in [0.29, 0.717) is 5.56 Å². The van der Waals surface area contributed by atoms with Crippen LogP contribution in [0, 0.1) is 0 Å². The maximum absolute atomic E-state index is 13.3. The van der Waals surface area contributed by atoms with Crippen LogP contribution in [0.5, 0.6) is 0 Å². The van der Waals surface area contributed by atoms with Gasteiger partial charge >= 0.3 is 0 Å². The zero-order valence-corrected chi connectivity index (χ0v) is 20.4. The van der Waals surface area contributed by atoms with E-state index in [1.165, 1.54) is 5.56 Å². The average molecular weight is 453 g/mol. The molecule has 0 saturated carbocycles. The number of nitrogens with zero attached hydrogens (tertiary/aromatic N) is 4. The fourth-order valence-corrected chi connectivity index (χ4v) is 4.77. The van der Waals surface area contributed by atoms with Crippen molar-refractivity contribution in [2.24, 2.45) is 0 Å². The molecule has 2 N–H and O–H groups in total. The number of carbonyl (C=O) groups is 2. The fraction of sp³-hybridized carbons (Fsp3) is 0.560. The predicted molar refractivity (Wildman–Crippen MR) is 129 cm³/mol. The van der Waals surface area contributed by atoms with Gasteiger partial charge in [-0.2, -0.15) is 5.10 Å². The predicted octanol–water partition coefficient (Wildman–Crippen LogP) is 2.85. The van der Waals surface area contributed by atoms with Gasteiger partial charge in [-0.05, 0) is 46.7 Å². The second kappa shape index (κ2) is 8.82. The van der Waals surface area contributed by atoms with E-state index >= 15 is 0 Å². The summed E-state index contributed by atoms with van der Waals surface area (Å²) in [5.41, 5.74) is 0.772. The number of anilines is 1. The summed E-state index contributed by atoms with van der Waals surface area (Å²) in [5, 5.41) is 11.2. The summed E-state index contributed by atoms with van der Waals surface area (Å²) in [4.78, 5) is 30.3. The minimum absolute atomic E-state index is 0.0776. The smallest absolute Gasteiger partial charge is 0.257 e. The molecule has 0 bridgehead atoms. The molecule has 1 fully saturated rings. The van der Waals surface area contributed by atoms with Crippen molar-refractivity contribution in [3.63, 3.8) is 0 Å². The molecule has 1 atom stereocenters. The lowest BCUT2D eigenvalue weighted by Gasteiger charge is -2.38. The lowest BCUT2D eigenvalue weighted by Crippen LogP contribution is -2.51. The van der Waals surface area contributed by atoms with Gasteiger partial charge < -0.3 is 20.4 Å². The lowest BCUT2D eigenvalue weighted by molar-refractivity contribution is -0.133. The molecule has 1 aromatic carbocycles. The average Bonchev–Trinajstić information content (AvgIpc) is 3.19. The largest absolute Gasteiger partial charge is 0.363 e. The highest BCUT2D eigenvalue weighted by molar-refractivity contribution is 5.99. The highest BCUT2D eigenvalue weighted by Gasteiger charge is 2.37. The summed E-state index contributed by atoms with van der Waals surface area (Å²) in [5.74, 6) is 0.581. The van der Waals surface area contributed by atoms with Crippen LogP contribution >= 0.6 is 0 Å². The Bertz CT molecular complexity index is 1010. The molecule has 33 heavy (non-hydrogen) atoms. The third-order valence-corrected chi connectivity index (χ3v) is 6.70. The number of piperazine rings is 1. The third-order valence-electron chi connectivity index (χ3n) is 6.70. The number of rotatable bonds is 5.